The number of rotatable bonds is 4. The van der Waals surface area contributed by atoms with Crippen molar-refractivity contribution in [1.29, 1.82) is 0 Å². The number of para-hydroxylation sites is 1. The van der Waals surface area contributed by atoms with Crippen LogP contribution in [-0.4, -0.2) is 4.98 Å². The van der Waals surface area contributed by atoms with Gasteiger partial charge in [-0.05, 0) is 47.3 Å². The van der Waals surface area contributed by atoms with Crippen molar-refractivity contribution in [3.63, 3.8) is 0 Å². The summed E-state index contributed by atoms with van der Waals surface area (Å²) in [5.74, 6) is 1.73. The SMILES string of the molecule is c1ccc(-c2ccccc2Oc2ccc3c(c2)CN(c2nccs2)S3)cc1. The molecule has 0 unspecified atom stereocenters. The predicted molar refractivity (Wildman–Crippen MR) is 113 cm³/mol. The first kappa shape index (κ1) is 16.4. The average Bonchev–Trinajstić information content (AvgIpc) is 3.38. The molecule has 1 aliphatic rings. The lowest BCUT2D eigenvalue weighted by Gasteiger charge is -2.12. The summed E-state index contributed by atoms with van der Waals surface area (Å²) in [6, 6.07) is 24.8. The standard InChI is InChI=1S/C22H16N2OS2/c1-2-6-16(7-3-1)19-8-4-5-9-20(19)25-18-10-11-21-17(14-18)15-24(27-21)22-23-12-13-26-22/h1-14H,15H2. The van der Waals surface area contributed by atoms with Crippen molar-refractivity contribution in [2.24, 2.45) is 0 Å². The Kier molecular flexibility index (Phi) is 4.32. The fraction of sp³-hybridized carbons (Fsp3) is 0.0455. The molecule has 1 aliphatic heterocycles. The monoisotopic (exact) mass is 388 g/mol. The van der Waals surface area contributed by atoms with E-state index in [2.05, 4.69) is 39.6 Å². The van der Waals surface area contributed by atoms with Crippen LogP contribution in [0.1, 0.15) is 5.56 Å². The van der Waals surface area contributed by atoms with Crippen LogP contribution in [0.4, 0.5) is 5.13 Å². The highest BCUT2D eigenvalue weighted by Crippen LogP contribution is 2.42. The number of hydrogen-bond donors (Lipinski definition) is 0. The Hall–Kier alpha value is -2.76. The molecular weight excluding hydrogens is 372 g/mol. The third kappa shape index (κ3) is 3.31. The molecule has 5 heteroatoms. The summed E-state index contributed by atoms with van der Waals surface area (Å²) >= 11 is 3.39. The second-order valence-electron chi connectivity index (χ2n) is 6.18. The molecule has 0 amide bonds. The molecule has 3 aromatic carbocycles. The van der Waals surface area contributed by atoms with E-state index in [1.54, 1.807) is 23.3 Å². The fourth-order valence-electron chi connectivity index (χ4n) is 3.12. The van der Waals surface area contributed by atoms with Crippen molar-refractivity contribution in [3.8, 4) is 22.6 Å². The summed E-state index contributed by atoms with van der Waals surface area (Å²) < 4.78 is 8.49. The maximum absolute atomic E-state index is 6.27. The summed E-state index contributed by atoms with van der Waals surface area (Å²) in [6.07, 6.45) is 1.85. The van der Waals surface area contributed by atoms with E-state index >= 15 is 0 Å². The Morgan fingerprint density at radius 3 is 2.63 bits per heavy atom. The lowest BCUT2D eigenvalue weighted by Crippen LogP contribution is -2.06. The van der Waals surface area contributed by atoms with Gasteiger partial charge in [0, 0.05) is 22.0 Å². The van der Waals surface area contributed by atoms with Gasteiger partial charge in [0.05, 0.1) is 6.54 Å². The first-order valence-corrected chi connectivity index (χ1v) is 10.3. The van der Waals surface area contributed by atoms with Crippen molar-refractivity contribution in [1.82, 2.24) is 4.98 Å². The van der Waals surface area contributed by atoms with Crippen molar-refractivity contribution in [3.05, 3.63) is 89.9 Å². The molecule has 0 fully saturated rings. The number of fused-ring (bicyclic) bond motifs is 1. The average molecular weight is 389 g/mol. The Morgan fingerprint density at radius 1 is 0.926 bits per heavy atom. The van der Waals surface area contributed by atoms with Crippen molar-refractivity contribution < 1.29 is 4.74 Å². The molecule has 3 nitrogen and oxygen atoms in total. The van der Waals surface area contributed by atoms with Crippen molar-refractivity contribution in [2.45, 2.75) is 11.4 Å². The maximum Gasteiger partial charge on any atom is 0.195 e. The zero-order chi connectivity index (χ0) is 18.1. The topological polar surface area (TPSA) is 25.4 Å². The lowest BCUT2D eigenvalue weighted by atomic mass is 10.0. The number of hydrogen-bond acceptors (Lipinski definition) is 5. The van der Waals surface area contributed by atoms with Crippen LogP contribution in [0.15, 0.2) is 89.3 Å². The van der Waals surface area contributed by atoms with Crippen LogP contribution in [-0.2, 0) is 6.54 Å². The van der Waals surface area contributed by atoms with Crippen LogP contribution < -0.4 is 9.04 Å². The molecule has 0 saturated heterocycles. The molecule has 4 aromatic rings. The minimum atomic E-state index is 0.838. The van der Waals surface area contributed by atoms with Crippen molar-refractivity contribution >= 4 is 28.4 Å². The minimum Gasteiger partial charge on any atom is -0.457 e. The Labute approximate surface area is 166 Å². The second-order valence-corrected chi connectivity index (χ2v) is 8.11. The van der Waals surface area contributed by atoms with Crippen LogP contribution >= 0.6 is 23.3 Å². The molecule has 132 valence electrons. The number of aromatic nitrogens is 1. The van der Waals surface area contributed by atoms with Crippen LogP contribution in [0.25, 0.3) is 11.1 Å². The Bertz CT molecular complexity index is 1060. The summed E-state index contributed by atoms with van der Waals surface area (Å²) in [6.45, 7) is 0.838. The largest absolute Gasteiger partial charge is 0.457 e. The van der Waals surface area contributed by atoms with Gasteiger partial charge in [-0.25, -0.2) is 4.98 Å². The Balaban J connectivity index is 1.42. The Morgan fingerprint density at radius 2 is 1.78 bits per heavy atom. The number of anilines is 1. The summed E-state index contributed by atoms with van der Waals surface area (Å²) in [4.78, 5) is 5.67. The molecule has 0 bridgehead atoms. The van der Waals surface area contributed by atoms with Gasteiger partial charge in [-0.15, -0.1) is 11.3 Å². The first-order chi connectivity index (χ1) is 13.4. The van der Waals surface area contributed by atoms with Crippen LogP contribution in [0, 0.1) is 0 Å². The highest BCUT2D eigenvalue weighted by Gasteiger charge is 2.23. The molecule has 2 heterocycles. The van der Waals surface area contributed by atoms with Gasteiger partial charge in [0.15, 0.2) is 5.13 Å². The molecule has 0 spiro atoms. The second kappa shape index (κ2) is 7.10. The van der Waals surface area contributed by atoms with E-state index in [1.807, 2.05) is 54.0 Å². The summed E-state index contributed by atoms with van der Waals surface area (Å²) in [5.41, 5.74) is 3.52. The quantitative estimate of drug-likeness (QED) is 0.366. The predicted octanol–water partition coefficient (Wildman–Crippen LogP) is 6.63. The lowest BCUT2D eigenvalue weighted by molar-refractivity contribution is 0.483. The number of ether oxygens (including phenoxy) is 1. The van der Waals surface area contributed by atoms with Gasteiger partial charge in [0.25, 0.3) is 0 Å². The van der Waals surface area contributed by atoms with E-state index in [4.69, 9.17) is 4.74 Å². The van der Waals surface area contributed by atoms with Gasteiger partial charge in [-0.1, -0.05) is 48.5 Å². The third-order valence-corrected chi connectivity index (χ3v) is 6.41. The molecule has 27 heavy (non-hydrogen) atoms. The molecule has 0 aliphatic carbocycles. The van der Waals surface area contributed by atoms with Gasteiger partial charge in [-0.3, -0.25) is 4.31 Å². The molecule has 0 N–H and O–H groups in total. The molecular formula is C22H16N2OS2. The van der Waals surface area contributed by atoms with Crippen LogP contribution in [0.5, 0.6) is 11.5 Å². The third-order valence-electron chi connectivity index (χ3n) is 4.39. The van der Waals surface area contributed by atoms with Gasteiger partial charge in [0.1, 0.15) is 11.5 Å². The molecule has 5 rings (SSSR count). The minimum absolute atomic E-state index is 0.838. The zero-order valence-electron chi connectivity index (χ0n) is 14.4. The van der Waals surface area contributed by atoms with Crippen LogP contribution in [0.3, 0.4) is 0 Å². The number of nitrogens with zero attached hydrogens (tertiary/aromatic N) is 2. The molecule has 0 saturated carbocycles. The van der Waals surface area contributed by atoms with E-state index in [-0.39, 0.29) is 0 Å². The fourth-order valence-corrected chi connectivity index (χ4v) is 4.85. The van der Waals surface area contributed by atoms with E-state index in [0.29, 0.717) is 0 Å². The summed E-state index contributed by atoms with van der Waals surface area (Å²) in [7, 11) is 0. The molecule has 0 atom stereocenters. The highest BCUT2D eigenvalue weighted by atomic mass is 32.2. The van der Waals surface area contributed by atoms with E-state index < -0.39 is 0 Å². The smallest absolute Gasteiger partial charge is 0.195 e. The van der Waals surface area contributed by atoms with E-state index in [1.165, 1.54) is 10.5 Å². The number of benzene rings is 3. The normalized spacial score (nSPS) is 12.8. The number of thiazole rings is 1. The van der Waals surface area contributed by atoms with Crippen LogP contribution in [0.2, 0.25) is 0 Å². The highest BCUT2D eigenvalue weighted by molar-refractivity contribution is 8.01. The van der Waals surface area contributed by atoms with Gasteiger partial charge in [-0.2, -0.15) is 0 Å². The van der Waals surface area contributed by atoms with Crippen molar-refractivity contribution in [2.75, 3.05) is 4.31 Å². The maximum atomic E-state index is 6.27. The zero-order valence-corrected chi connectivity index (χ0v) is 16.0. The van der Waals surface area contributed by atoms with Gasteiger partial charge in [0.2, 0.25) is 0 Å². The van der Waals surface area contributed by atoms with Gasteiger partial charge >= 0.3 is 0 Å². The van der Waals surface area contributed by atoms with E-state index in [0.717, 1.165) is 34.3 Å². The summed E-state index contributed by atoms with van der Waals surface area (Å²) in [5, 5.41) is 3.04. The van der Waals surface area contributed by atoms with E-state index in [9.17, 15) is 0 Å². The van der Waals surface area contributed by atoms with Gasteiger partial charge < -0.3 is 4.74 Å². The molecule has 1 aromatic heterocycles. The molecule has 0 radical (unpaired) electrons. The first-order valence-electron chi connectivity index (χ1n) is 8.67.